The van der Waals surface area contributed by atoms with E-state index >= 15 is 0 Å². The molecule has 1 amide bonds. The van der Waals surface area contributed by atoms with Crippen LogP contribution in [0.25, 0.3) is 0 Å². The predicted molar refractivity (Wildman–Crippen MR) is 73.7 cm³/mol. The van der Waals surface area contributed by atoms with Crippen molar-refractivity contribution in [3.8, 4) is 0 Å². The van der Waals surface area contributed by atoms with E-state index in [1.54, 1.807) is 0 Å². The number of rotatable bonds is 4. The molecule has 18 heavy (non-hydrogen) atoms. The molecule has 0 aromatic heterocycles. The van der Waals surface area contributed by atoms with Crippen molar-refractivity contribution in [3.05, 3.63) is 34.9 Å². The van der Waals surface area contributed by atoms with Gasteiger partial charge in [-0.2, -0.15) is 0 Å². The number of carbonyl (C=O) groups excluding carboxylic acids is 1. The maximum atomic E-state index is 11.7. The summed E-state index contributed by atoms with van der Waals surface area (Å²) in [6.07, 6.45) is 0.371. The Balaban J connectivity index is 2.85. The van der Waals surface area contributed by atoms with Crippen molar-refractivity contribution in [2.75, 3.05) is 13.2 Å². The molecule has 0 spiro atoms. The molecule has 0 saturated carbocycles. The number of aryl methyl sites for hydroxylation is 1. The zero-order valence-electron chi connectivity index (χ0n) is 11.7. The Labute approximate surface area is 109 Å². The molecule has 3 nitrogen and oxygen atoms in total. The maximum absolute atomic E-state index is 11.7. The second kappa shape index (κ2) is 6.01. The van der Waals surface area contributed by atoms with Crippen LogP contribution in [0.3, 0.4) is 0 Å². The van der Waals surface area contributed by atoms with Gasteiger partial charge in [0, 0.05) is 6.54 Å². The molecule has 1 aromatic carbocycles. The fraction of sp³-hybridized carbons (Fsp3) is 0.533. The normalized spacial score (nSPS) is 11.4. The number of carbonyl (C=O) groups is 1. The average Bonchev–Trinajstić information content (AvgIpc) is 2.28. The number of hydrogen-bond acceptors (Lipinski definition) is 2. The van der Waals surface area contributed by atoms with E-state index in [1.807, 2.05) is 6.92 Å². The first-order chi connectivity index (χ1) is 8.34. The summed E-state index contributed by atoms with van der Waals surface area (Å²) >= 11 is 0. The average molecular weight is 249 g/mol. The second-order valence-electron chi connectivity index (χ2n) is 5.64. The van der Waals surface area contributed by atoms with Crippen LogP contribution in [-0.2, 0) is 16.6 Å². The lowest BCUT2D eigenvalue weighted by Gasteiger charge is -2.20. The molecule has 0 bridgehead atoms. The Morgan fingerprint density at radius 3 is 2.56 bits per heavy atom. The van der Waals surface area contributed by atoms with Crippen LogP contribution in [-0.4, -0.2) is 24.2 Å². The van der Waals surface area contributed by atoms with Gasteiger partial charge in [0.15, 0.2) is 0 Å². The Bertz CT molecular complexity index is 419. The van der Waals surface area contributed by atoms with E-state index in [0.717, 1.165) is 11.1 Å². The van der Waals surface area contributed by atoms with Crippen LogP contribution in [0.1, 0.15) is 37.5 Å². The summed E-state index contributed by atoms with van der Waals surface area (Å²) in [5.41, 5.74) is 3.50. The SMILES string of the molecule is Cc1ccc(C(C)(C)C)cc1CC(=O)NCCO. The van der Waals surface area contributed by atoms with E-state index in [2.05, 4.69) is 44.3 Å². The number of benzene rings is 1. The van der Waals surface area contributed by atoms with Gasteiger partial charge in [-0.15, -0.1) is 0 Å². The number of aliphatic hydroxyl groups excluding tert-OH is 1. The highest BCUT2D eigenvalue weighted by Crippen LogP contribution is 2.24. The third-order valence-electron chi connectivity index (χ3n) is 3.00. The summed E-state index contributed by atoms with van der Waals surface area (Å²) in [6, 6.07) is 6.29. The molecule has 100 valence electrons. The Kier molecular flexibility index (Phi) is 4.91. The van der Waals surface area contributed by atoms with Crippen LogP contribution in [0.4, 0.5) is 0 Å². The molecule has 0 aliphatic heterocycles. The molecule has 1 aromatic rings. The van der Waals surface area contributed by atoms with Crippen molar-refractivity contribution in [3.63, 3.8) is 0 Å². The topological polar surface area (TPSA) is 49.3 Å². The quantitative estimate of drug-likeness (QED) is 0.857. The van der Waals surface area contributed by atoms with E-state index in [9.17, 15) is 4.79 Å². The first-order valence-electron chi connectivity index (χ1n) is 6.32. The van der Waals surface area contributed by atoms with Gasteiger partial charge in [0.2, 0.25) is 5.91 Å². The Hall–Kier alpha value is -1.35. The lowest BCUT2D eigenvalue weighted by Crippen LogP contribution is -2.28. The van der Waals surface area contributed by atoms with Crippen molar-refractivity contribution >= 4 is 5.91 Å². The number of aliphatic hydroxyl groups is 1. The largest absolute Gasteiger partial charge is 0.395 e. The molecule has 0 atom stereocenters. The third kappa shape index (κ3) is 4.15. The summed E-state index contributed by atoms with van der Waals surface area (Å²) in [6.45, 7) is 8.79. The van der Waals surface area contributed by atoms with E-state index < -0.39 is 0 Å². The monoisotopic (exact) mass is 249 g/mol. The summed E-state index contributed by atoms with van der Waals surface area (Å²) in [5, 5.41) is 11.3. The summed E-state index contributed by atoms with van der Waals surface area (Å²) in [5.74, 6) is -0.0433. The van der Waals surface area contributed by atoms with Crippen LogP contribution in [0.2, 0.25) is 0 Å². The van der Waals surface area contributed by atoms with Gasteiger partial charge in [-0.25, -0.2) is 0 Å². The van der Waals surface area contributed by atoms with E-state index in [-0.39, 0.29) is 17.9 Å². The number of hydrogen-bond donors (Lipinski definition) is 2. The standard InChI is InChI=1S/C15H23NO2/c1-11-5-6-13(15(2,3)4)9-12(11)10-14(18)16-7-8-17/h5-6,9,17H,7-8,10H2,1-4H3,(H,16,18). The Morgan fingerprint density at radius 2 is 2.00 bits per heavy atom. The molecule has 0 radical (unpaired) electrons. The summed E-state index contributed by atoms with van der Waals surface area (Å²) < 4.78 is 0. The summed E-state index contributed by atoms with van der Waals surface area (Å²) in [7, 11) is 0. The molecule has 0 unspecified atom stereocenters. The third-order valence-corrected chi connectivity index (χ3v) is 3.00. The number of amides is 1. The Morgan fingerprint density at radius 1 is 1.33 bits per heavy atom. The fourth-order valence-corrected chi connectivity index (χ4v) is 1.76. The van der Waals surface area contributed by atoms with Crippen molar-refractivity contribution in [1.82, 2.24) is 5.32 Å². The molecular weight excluding hydrogens is 226 g/mol. The van der Waals surface area contributed by atoms with Gasteiger partial charge in [-0.05, 0) is 29.0 Å². The first kappa shape index (κ1) is 14.7. The van der Waals surface area contributed by atoms with E-state index in [4.69, 9.17) is 5.11 Å². The van der Waals surface area contributed by atoms with Gasteiger partial charge >= 0.3 is 0 Å². The molecule has 2 N–H and O–H groups in total. The molecule has 3 heteroatoms. The van der Waals surface area contributed by atoms with Crippen LogP contribution in [0.15, 0.2) is 18.2 Å². The maximum Gasteiger partial charge on any atom is 0.224 e. The molecule has 0 fully saturated rings. The molecule has 0 saturated heterocycles. The zero-order valence-corrected chi connectivity index (χ0v) is 11.7. The minimum absolute atomic E-state index is 0.0211. The predicted octanol–water partition coefficient (Wildman–Crippen LogP) is 1.94. The molecule has 0 aliphatic rings. The van der Waals surface area contributed by atoms with Gasteiger partial charge in [0.25, 0.3) is 0 Å². The summed E-state index contributed by atoms with van der Waals surface area (Å²) in [4.78, 5) is 11.7. The second-order valence-corrected chi connectivity index (χ2v) is 5.64. The van der Waals surface area contributed by atoms with Crippen LogP contribution >= 0.6 is 0 Å². The van der Waals surface area contributed by atoms with Crippen LogP contribution < -0.4 is 5.32 Å². The van der Waals surface area contributed by atoms with E-state index in [0.29, 0.717) is 13.0 Å². The molecule has 0 aliphatic carbocycles. The van der Waals surface area contributed by atoms with Gasteiger partial charge < -0.3 is 10.4 Å². The minimum atomic E-state index is -0.0433. The number of nitrogens with one attached hydrogen (secondary N) is 1. The van der Waals surface area contributed by atoms with Crippen LogP contribution in [0, 0.1) is 6.92 Å². The fourth-order valence-electron chi connectivity index (χ4n) is 1.76. The van der Waals surface area contributed by atoms with E-state index in [1.165, 1.54) is 5.56 Å². The van der Waals surface area contributed by atoms with Crippen LogP contribution in [0.5, 0.6) is 0 Å². The van der Waals surface area contributed by atoms with Gasteiger partial charge in [0.1, 0.15) is 0 Å². The minimum Gasteiger partial charge on any atom is -0.395 e. The lowest BCUT2D eigenvalue weighted by molar-refractivity contribution is -0.120. The first-order valence-corrected chi connectivity index (χ1v) is 6.32. The highest BCUT2D eigenvalue weighted by atomic mass is 16.3. The van der Waals surface area contributed by atoms with Crippen molar-refractivity contribution < 1.29 is 9.90 Å². The lowest BCUT2D eigenvalue weighted by atomic mass is 9.85. The molecular formula is C15H23NO2. The van der Waals surface area contributed by atoms with Crippen molar-refractivity contribution in [1.29, 1.82) is 0 Å². The van der Waals surface area contributed by atoms with Gasteiger partial charge in [-0.1, -0.05) is 39.0 Å². The van der Waals surface area contributed by atoms with Gasteiger partial charge in [0.05, 0.1) is 13.0 Å². The highest BCUT2D eigenvalue weighted by molar-refractivity contribution is 5.79. The van der Waals surface area contributed by atoms with Crippen molar-refractivity contribution in [2.45, 2.75) is 39.5 Å². The van der Waals surface area contributed by atoms with Crippen molar-refractivity contribution in [2.24, 2.45) is 0 Å². The van der Waals surface area contributed by atoms with Gasteiger partial charge in [-0.3, -0.25) is 4.79 Å². The highest BCUT2D eigenvalue weighted by Gasteiger charge is 2.15. The molecule has 0 heterocycles. The zero-order chi connectivity index (χ0) is 13.8. The molecule has 1 rings (SSSR count). The smallest absolute Gasteiger partial charge is 0.224 e.